The van der Waals surface area contributed by atoms with E-state index in [2.05, 4.69) is 0 Å². The molecule has 1 saturated heterocycles. The molecule has 0 N–H and O–H groups in total. The van der Waals surface area contributed by atoms with Crippen molar-refractivity contribution in [2.24, 2.45) is 0 Å². The number of ether oxygens (including phenoxy) is 1. The molecule has 0 radical (unpaired) electrons. The average Bonchev–Trinajstić information content (AvgIpc) is 3.54. The molecule has 1 aromatic heterocycles. The summed E-state index contributed by atoms with van der Waals surface area (Å²) in [5, 5.41) is 3.47. The number of hydrogen-bond donors (Lipinski definition) is 0. The summed E-state index contributed by atoms with van der Waals surface area (Å²) in [5.74, 6) is -1.67. The Balaban J connectivity index is 1.50. The third kappa shape index (κ3) is 4.85. The van der Waals surface area contributed by atoms with Gasteiger partial charge in [0.05, 0.1) is 29.2 Å². The second-order valence-corrected chi connectivity index (χ2v) is 11.6. The Morgan fingerprint density at radius 2 is 1.74 bits per heavy atom. The first-order valence-electron chi connectivity index (χ1n) is 12.0. The summed E-state index contributed by atoms with van der Waals surface area (Å²) in [7, 11) is -4.16. The fraction of sp³-hybridized carbons (Fsp3) is 0.179. The molecule has 1 aliphatic heterocycles. The molecule has 2 heterocycles. The first-order chi connectivity index (χ1) is 18.3. The summed E-state index contributed by atoms with van der Waals surface area (Å²) < 4.78 is 34.0. The van der Waals surface area contributed by atoms with Crippen LogP contribution in [0.25, 0.3) is 10.8 Å². The van der Waals surface area contributed by atoms with Gasteiger partial charge >= 0.3 is 5.97 Å². The van der Waals surface area contributed by atoms with Crippen LogP contribution >= 0.6 is 11.3 Å². The monoisotopic (exact) mass is 548 g/mol. The Morgan fingerprint density at radius 3 is 2.42 bits per heavy atom. The van der Waals surface area contributed by atoms with E-state index in [1.165, 1.54) is 41.7 Å². The lowest BCUT2D eigenvalue weighted by atomic mass is 10.1. The second kappa shape index (κ2) is 10.5. The molecular weight excluding hydrogens is 524 g/mol. The molecule has 0 spiro atoms. The standard InChI is InChI=1S/C28H24N2O6S2/c1-2-36-28(33)20-9-12-22(13-10-20)30-26(31)17-25(27(30)32)29(18-23-8-5-15-37-23)38(34,35)24-14-11-19-6-3-4-7-21(19)16-24/h3-16,25H,2,17-18H2,1H3. The zero-order chi connectivity index (χ0) is 26.9. The molecule has 3 aromatic carbocycles. The molecule has 1 unspecified atom stereocenters. The van der Waals surface area contributed by atoms with Crippen LogP contribution in [0.5, 0.6) is 0 Å². The lowest BCUT2D eigenvalue weighted by Crippen LogP contribution is -2.44. The van der Waals surface area contributed by atoms with Crippen molar-refractivity contribution in [1.82, 2.24) is 4.31 Å². The number of thiophene rings is 1. The van der Waals surface area contributed by atoms with Crippen LogP contribution in [0, 0.1) is 0 Å². The number of benzene rings is 3. The maximum Gasteiger partial charge on any atom is 0.338 e. The first kappa shape index (κ1) is 25.8. The van der Waals surface area contributed by atoms with E-state index in [0.717, 1.165) is 24.9 Å². The van der Waals surface area contributed by atoms with E-state index < -0.39 is 33.8 Å². The Labute approximate surface area is 224 Å². The van der Waals surface area contributed by atoms with Gasteiger partial charge in [-0.3, -0.25) is 9.59 Å². The number of esters is 1. The molecular formula is C28H24N2O6S2. The van der Waals surface area contributed by atoms with Gasteiger partial charge in [-0.15, -0.1) is 11.3 Å². The quantitative estimate of drug-likeness (QED) is 0.236. The van der Waals surface area contributed by atoms with Crippen molar-refractivity contribution in [3.63, 3.8) is 0 Å². The van der Waals surface area contributed by atoms with Crippen LogP contribution in [-0.4, -0.2) is 43.2 Å². The molecule has 2 amide bonds. The molecule has 0 aliphatic carbocycles. The lowest BCUT2D eigenvalue weighted by molar-refractivity contribution is -0.122. The number of hydrogen-bond acceptors (Lipinski definition) is 7. The van der Waals surface area contributed by atoms with Gasteiger partial charge in [0.15, 0.2) is 0 Å². The Morgan fingerprint density at radius 1 is 1.00 bits per heavy atom. The van der Waals surface area contributed by atoms with E-state index >= 15 is 0 Å². The summed E-state index contributed by atoms with van der Waals surface area (Å²) in [5.41, 5.74) is 0.541. The van der Waals surface area contributed by atoms with Gasteiger partial charge in [0.1, 0.15) is 6.04 Å². The van der Waals surface area contributed by atoms with Crippen molar-refractivity contribution in [2.75, 3.05) is 11.5 Å². The highest BCUT2D eigenvalue weighted by Gasteiger charge is 2.47. The highest BCUT2D eigenvalue weighted by Crippen LogP contribution is 2.32. The molecule has 194 valence electrons. The maximum atomic E-state index is 14.0. The number of fused-ring (bicyclic) bond motifs is 1. The van der Waals surface area contributed by atoms with Gasteiger partial charge in [-0.05, 0) is 65.5 Å². The van der Waals surface area contributed by atoms with Crippen molar-refractivity contribution in [1.29, 1.82) is 0 Å². The molecule has 1 aliphatic rings. The van der Waals surface area contributed by atoms with Crippen molar-refractivity contribution in [2.45, 2.75) is 30.8 Å². The molecule has 4 aromatic rings. The smallest absolute Gasteiger partial charge is 0.338 e. The Kier molecular flexibility index (Phi) is 7.11. The van der Waals surface area contributed by atoms with Crippen LogP contribution in [0.3, 0.4) is 0 Å². The fourth-order valence-electron chi connectivity index (χ4n) is 4.46. The average molecular weight is 549 g/mol. The van der Waals surface area contributed by atoms with Crippen molar-refractivity contribution in [3.8, 4) is 0 Å². The summed E-state index contributed by atoms with van der Waals surface area (Å²) in [6.07, 6.45) is -0.295. The summed E-state index contributed by atoms with van der Waals surface area (Å²) in [4.78, 5) is 40.4. The third-order valence-electron chi connectivity index (χ3n) is 6.33. The zero-order valence-corrected chi connectivity index (χ0v) is 22.1. The normalized spacial score (nSPS) is 15.9. The topological polar surface area (TPSA) is 101 Å². The molecule has 0 saturated carbocycles. The fourth-order valence-corrected chi connectivity index (χ4v) is 6.84. The van der Waals surface area contributed by atoms with E-state index in [0.29, 0.717) is 0 Å². The first-order valence-corrected chi connectivity index (χ1v) is 14.3. The third-order valence-corrected chi connectivity index (χ3v) is 9.04. The lowest BCUT2D eigenvalue weighted by Gasteiger charge is -2.26. The van der Waals surface area contributed by atoms with E-state index in [4.69, 9.17) is 4.74 Å². The minimum atomic E-state index is -4.16. The number of rotatable bonds is 8. The van der Waals surface area contributed by atoms with Crippen molar-refractivity contribution < 1.29 is 27.5 Å². The largest absolute Gasteiger partial charge is 0.462 e. The molecule has 0 bridgehead atoms. The molecule has 1 atom stereocenters. The number of sulfonamides is 1. The molecule has 8 nitrogen and oxygen atoms in total. The van der Waals surface area contributed by atoms with E-state index in [1.54, 1.807) is 31.2 Å². The summed E-state index contributed by atoms with van der Waals surface area (Å²) in [6, 6.07) is 20.5. The van der Waals surface area contributed by atoms with Crippen LogP contribution in [0.4, 0.5) is 5.69 Å². The van der Waals surface area contributed by atoms with Crippen LogP contribution in [-0.2, 0) is 30.9 Å². The molecule has 5 rings (SSSR count). The number of imide groups is 1. The Hall–Kier alpha value is -3.86. The second-order valence-electron chi connectivity index (χ2n) is 8.69. The van der Waals surface area contributed by atoms with Crippen LogP contribution < -0.4 is 4.90 Å². The molecule has 10 heteroatoms. The number of nitrogens with zero attached hydrogens (tertiary/aromatic N) is 2. The summed E-state index contributed by atoms with van der Waals surface area (Å²) >= 11 is 1.37. The van der Waals surface area contributed by atoms with Gasteiger partial charge < -0.3 is 4.74 Å². The summed E-state index contributed by atoms with van der Waals surface area (Å²) in [6.45, 7) is 1.87. The minimum Gasteiger partial charge on any atom is -0.462 e. The van der Waals surface area contributed by atoms with Gasteiger partial charge in [-0.1, -0.05) is 36.4 Å². The van der Waals surface area contributed by atoms with Gasteiger partial charge in [0.25, 0.3) is 5.91 Å². The van der Waals surface area contributed by atoms with Gasteiger partial charge in [0, 0.05) is 11.4 Å². The van der Waals surface area contributed by atoms with Gasteiger partial charge in [-0.25, -0.2) is 18.1 Å². The molecule has 38 heavy (non-hydrogen) atoms. The van der Waals surface area contributed by atoms with Crippen LogP contribution in [0.15, 0.2) is 89.1 Å². The predicted molar refractivity (Wildman–Crippen MR) is 144 cm³/mol. The minimum absolute atomic E-state index is 0.0465. The Bertz CT molecular complexity index is 1610. The number of amides is 2. The van der Waals surface area contributed by atoms with Crippen LogP contribution in [0.1, 0.15) is 28.6 Å². The van der Waals surface area contributed by atoms with Gasteiger partial charge in [-0.2, -0.15) is 4.31 Å². The number of carbonyl (C=O) groups is 3. The van der Waals surface area contributed by atoms with Crippen LogP contribution in [0.2, 0.25) is 0 Å². The molecule has 1 fully saturated rings. The highest BCUT2D eigenvalue weighted by atomic mass is 32.2. The maximum absolute atomic E-state index is 14.0. The van der Waals surface area contributed by atoms with Gasteiger partial charge in [0.2, 0.25) is 15.9 Å². The van der Waals surface area contributed by atoms with Crippen molar-refractivity contribution in [3.05, 3.63) is 94.7 Å². The SMILES string of the molecule is CCOC(=O)c1ccc(N2C(=O)CC(N(Cc3cccs3)S(=O)(=O)c3ccc4ccccc4c3)C2=O)cc1. The predicted octanol–water partition coefficient (Wildman–Crippen LogP) is 4.60. The van der Waals surface area contributed by atoms with Crippen molar-refractivity contribution >= 4 is 55.6 Å². The number of carbonyl (C=O) groups excluding carboxylic acids is 3. The van der Waals surface area contributed by atoms with E-state index in [1.807, 2.05) is 29.6 Å². The van der Waals surface area contributed by atoms with E-state index in [-0.39, 0.29) is 35.7 Å². The van der Waals surface area contributed by atoms with E-state index in [9.17, 15) is 22.8 Å². The zero-order valence-electron chi connectivity index (χ0n) is 20.4. The highest BCUT2D eigenvalue weighted by molar-refractivity contribution is 7.89. The number of anilines is 1.